The van der Waals surface area contributed by atoms with E-state index in [1.807, 2.05) is 36.4 Å². The second kappa shape index (κ2) is 17.9. The zero-order valence-corrected chi connectivity index (χ0v) is 26.8. The summed E-state index contributed by atoms with van der Waals surface area (Å²) in [6, 6.07) is 13.4. The Morgan fingerprint density at radius 2 is 1.87 bits per heavy atom. The van der Waals surface area contributed by atoms with E-state index in [2.05, 4.69) is 21.1 Å². The van der Waals surface area contributed by atoms with Gasteiger partial charge in [-0.2, -0.15) is 0 Å². The largest absolute Gasteiger partial charge is 0.497 e. The fourth-order valence-electron chi connectivity index (χ4n) is 5.84. The standard InChI is InChI=1S/C32H46N4O10/c1-33-31(37)20-25-19-27(24-7-9-26(42-3)10-8-24)30(21-35(25)32(38)44-15-5-16-46-36(39)40)45-22-23-6-11-29-28(18-23)34(13-17-43-29)12-4-14-41-2/h6-11,18,25,27,30,39-40H,4-5,12-17,19-22H2,1-3H3,(H,33,37). The maximum absolute atomic E-state index is 13.3. The first-order valence-corrected chi connectivity index (χ1v) is 15.5. The lowest BCUT2D eigenvalue weighted by Crippen LogP contribution is -2.53. The van der Waals surface area contributed by atoms with Crippen LogP contribution in [-0.2, 0) is 30.4 Å². The highest BCUT2D eigenvalue weighted by Gasteiger charge is 2.41. The molecule has 0 spiro atoms. The van der Waals surface area contributed by atoms with Gasteiger partial charge in [-0.25, -0.2) is 4.79 Å². The Bertz CT molecular complexity index is 1250. The van der Waals surface area contributed by atoms with Gasteiger partial charge in [-0.3, -0.25) is 20.0 Å². The van der Waals surface area contributed by atoms with Crippen molar-refractivity contribution in [2.75, 3.05) is 72.2 Å². The number of piperidine rings is 1. The van der Waals surface area contributed by atoms with Crippen LogP contribution >= 0.6 is 0 Å². The number of methoxy groups -OCH3 is 2. The van der Waals surface area contributed by atoms with Gasteiger partial charge >= 0.3 is 6.09 Å². The summed E-state index contributed by atoms with van der Waals surface area (Å²) in [6.07, 6.45) is 0.709. The summed E-state index contributed by atoms with van der Waals surface area (Å²) in [5.41, 5.74) is 3.00. The van der Waals surface area contributed by atoms with Crippen molar-refractivity contribution in [1.29, 1.82) is 0 Å². The van der Waals surface area contributed by atoms with E-state index in [9.17, 15) is 9.59 Å². The number of hydrogen-bond acceptors (Lipinski definition) is 12. The van der Waals surface area contributed by atoms with Crippen LogP contribution in [0.3, 0.4) is 0 Å². The molecule has 0 radical (unpaired) electrons. The van der Waals surface area contributed by atoms with E-state index in [1.165, 1.54) is 0 Å². The number of nitrogens with zero attached hydrogens (tertiary/aromatic N) is 3. The molecule has 14 heteroatoms. The SMILES string of the molecule is CNC(=O)CC1CC(c2ccc(OC)cc2)C(OCc2ccc3c(c2)N(CCCOC)CCO3)CN1C(=O)OCCCON(O)O. The van der Waals surface area contributed by atoms with E-state index >= 15 is 0 Å². The molecule has 3 N–H and O–H groups in total. The average Bonchev–Trinajstić information content (AvgIpc) is 3.07. The molecule has 0 aliphatic carbocycles. The number of carbonyl (C=O) groups excluding carboxylic acids is 2. The van der Waals surface area contributed by atoms with E-state index in [4.69, 9.17) is 34.1 Å². The van der Waals surface area contributed by atoms with Gasteiger partial charge in [0.2, 0.25) is 5.91 Å². The molecule has 0 bridgehead atoms. The van der Waals surface area contributed by atoms with Crippen LogP contribution in [0.25, 0.3) is 0 Å². The Labute approximate surface area is 269 Å². The predicted octanol–water partition coefficient (Wildman–Crippen LogP) is 3.35. The lowest BCUT2D eigenvalue weighted by molar-refractivity contribution is -0.492. The third-order valence-corrected chi connectivity index (χ3v) is 8.21. The van der Waals surface area contributed by atoms with Gasteiger partial charge in [0.15, 0.2) is 0 Å². The first-order valence-electron chi connectivity index (χ1n) is 15.5. The van der Waals surface area contributed by atoms with Crippen LogP contribution in [0.2, 0.25) is 0 Å². The summed E-state index contributed by atoms with van der Waals surface area (Å²) in [4.78, 5) is 34.3. The van der Waals surface area contributed by atoms with E-state index in [1.54, 1.807) is 26.2 Å². The number of nitrogens with one attached hydrogen (secondary N) is 1. The predicted molar refractivity (Wildman–Crippen MR) is 166 cm³/mol. The van der Waals surface area contributed by atoms with Gasteiger partial charge in [-0.1, -0.05) is 18.2 Å². The molecule has 2 aliphatic rings. The number of rotatable bonds is 16. The topological polar surface area (TPSA) is 152 Å². The molecule has 0 aromatic heterocycles. The molecule has 2 aliphatic heterocycles. The smallest absolute Gasteiger partial charge is 0.410 e. The average molecular weight is 647 g/mol. The maximum atomic E-state index is 13.3. The normalized spacial score (nSPS) is 19.4. The van der Waals surface area contributed by atoms with Gasteiger partial charge in [-0.05, 0) is 48.2 Å². The Kier molecular flexibility index (Phi) is 13.7. The van der Waals surface area contributed by atoms with Gasteiger partial charge in [-0.15, -0.1) is 0 Å². The van der Waals surface area contributed by atoms with Crippen molar-refractivity contribution in [3.05, 3.63) is 53.6 Å². The third kappa shape index (κ3) is 9.92. The molecule has 4 rings (SSSR count). The molecule has 0 saturated carbocycles. The minimum absolute atomic E-state index is 0.0125. The monoisotopic (exact) mass is 646 g/mol. The number of hydrogen-bond donors (Lipinski definition) is 3. The summed E-state index contributed by atoms with van der Waals surface area (Å²) < 4.78 is 28.6. The summed E-state index contributed by atoms with van der Waals surface area (Å²) in [5, 5.41) is 19.7. The maximum Gasteiger partial charge on any atom is 0.410 e. The van der Waals surface area contributed by atoms with Crippen molar-refractivity contribution in [2.45, 2.75) is 50.4 Å². The zero-order chi connectivity index (χ0) is 32.9. The number of ether oxygens (including phenoxy) is 5. The molecule has 14 nitrogen and oxygen atoms in total. The highest BCUT2D eigenvalue weighted by atomic mass is 17.1. The van der Waals surface area contributed by atoms with Crippen molar-refractivity contribution in [1.82, 2.24) is 15.6 Å². The Morgan fingerprint density at radius 1 is 1.07 bits per heavy atom. The molecular weight excluding hydrogens is 600 g/mol. The van der Waals surface area contributed by atoms with Gasteiger partial charge in [0, 0.05) is 52.1 Å². The highest BCUT2D eigenvalue weighted by molar-refractivity contribution is 5.77. The summed E-state index contributed by atoms with van der Waals surface area (Å²) >= 11 is 0. The fourth-order valence-corrected chi connectivity index (χ4v) is 5.84. The number of fused-ring (bicyclic) bond motifs is 1. The number of amides is 2. The van der Waals surface area contributed by atoms with Crippen LogP contribution in [0.5, 0.6) is 11.5 Å². The van der Waals surface area contributed by atoms with Crippen LogP contribution in [0.1, 0.15) is 42.7 Å². The van der Waals surface area contributed by atoms with Crippen LogP contribution in [0.15, 0.2) is 42.5 Å². The summed E-state index contributed by atoms with van der Waals surface area (Å²) in [6.45, 7) is 3.37. The van der Waals surface area contributed by atoms with Gasteiger partial charge < -0.3 is 38.8 Å². The molecule has 1 fully saturated rings. The molecule has 254 valence electrons. The van der Waals surface area contributed by atoms with Crippen molar-refractivity contribution >= 4 is 17.7 Å². The second-order valence-electron chi connectivity index (χ2n) is 11.2. The van der Waals surface area contributed by atoms with Crippen LogP contribution in [-0.4, -0.2) is 112 Å². The molecule has 1 saturated heterocycles. The van der Waals surface area contributed by atoms with Crippen molar-refractivity contribution in [3.63, 3.8) is 0 Å². The van der Waals surface area contributed by atoms with E-state index < -0.39 is 18.2 Å². The first kappa shape index (κ1) is 35.2. The summed E-state index contributed by atoms with van der Waals surface area (Å²) in [7, 11) is 4.88. The molecule has 3 unspecified atom stereocenters. The lowest BCUT2D eigenvalue weighted by atomic mass is 9.82. The molecule has 2 heterocycles. The minimum atomic E-state index is -0.585. The highest BCUT2D eigenvalue weighted by Crippen LogP contribution is 2.37. The number of carbonyl (C=O) groups is 2. The van der Waals surface area contributed by atoms with E-state index in [0.29, 0.717) is 26.2 Å². The van der Waals surface area contributed by atoms with Gasteiger partial charge in [0.25, 0.3) is 0 Å². The van der Waals surface area contributed by atoms with Crippen LogP contribution in [0, 0.1) is 0 Å². The number of benzene rings is 2. The van der Waals surface area contributed by atoms with Crippen LogP contribution in [0.4, 0.5) is 10.5 Å². The first-order chi connectivity index (χ1) is 22.3. The second-order valence-corrected chi connectivity index (χ2v) is 11.2. The molecule has 2 aromatic carbocycles. The lowest BCUT2D eigenvalue weighted by Gasteiger charge is -2.43. The van der Waals surface area contributed by atoms with Crippen molar-refractivity contribution < 1.29 is 48.5 Å². The molecule has 2 amide bonds. The van der Waals surface area contributed by atoms with Crippen molar-refractivity contribution in [2.24, 2.45) is 0 Å². The summed E-state index contributed by atoms with van der Waals surface area (Å²) in [5.74, 6) is 1.25. The Hall–Kier alpha value is -3.66. The van der Waals surface area contributed by atoms with E-state index in [-0.39, 0.29) is 49.8 Å². The molecule has 3 atom stereocenters. The van der Waals surface area contributed by atoms with Gasteiger partial charge in [0.1, 0.15) is 18.1 Å². The van der Waals surface area contributed by atoms with E-state index in [0.717, 1.165) is 47.8 Å². The fraction of sp³-hybridized carbons (Fsp3) is 0.562. The molecular formula is C32H46N4O10. The molecule has 46 heavy (non-hydrogen) atoms. The zero-order valence-electron chi connectivity index (χ0n) is 26.8. The Morgan fingerprint density at radius 3 is 2.59 bits per heavy atom. The number of anilines is 1. The quantitative estimate of drug-likeness (QED) is 0.181. The minimum Gasteiger partial charge on any atom is -0.497 e. The Balaban J connectivity index is 1.53. The van der Waals surface area contributed by atoms with Crippen LogP contribution < -0.4 is 19.7 Å². The molecule has 2 aromatic rings. The number of likely N-dealkylation sites (tertiary alicyclic amines) is 1. The van der Waals surface area contributed by atoms with Gasteiger partial charge in [0.05, 0.1) is 57.2 Å². The van der Waals surface area contributed by atoms with Crippen molar-refractivity contribution in [3.8, 4) is 11.5 Å². The third-order valence-electron chi connectivity index (χ3n) is 8.21.